The second-order valence-corrected chi connectivity index (χ2v) is 8.58. The summed E-state index contributed by atoms with van der Waals surface area (Å²) in [6, 6.07) is 9.76. The molecule has 1 fully saturated rings. The lowest BCUT2D eigenvalue weighted by molar-refractivity contribution is 0.173. The number of para-hydroxylation sites is 1. The van der Waals surface area contributed by atoms with Gasteiger partial charge in [0.25, 0.3) is 5.56 Å². The fourth-order valence-electron chi connectivity index (χ4n) is 4.06. The Hall–Kier alpha value is -2.08. The first kappa shape index (κ1) is 18.3. The number of hydrogen-bond donors (Lipinski definition) is 0. The second-order valence-electron chi connectivity index (χ2n) is 7.64. The number of rotatable bonds is 4. The number of aromatic nitrogens is 3. The van der Waals surface area contributed by atoms with Gasteiger partial charge in [0.15, 0.2) is 5.16 Å². The molecule has 0 aliphatic heterocycles. The van der Waals surface area contributed by atoms with Crippen LogP contribution in [0.1, 0.15) is 50.6 Å². The van der Waals surface area contributed by atoms with Gasteiger partial charge in [-0.2, -0.15) is 0 Å². The Kier molecular flexibility index (Phi) is 5.08. The molecule has 5 nitrogen and oxygen atoms in total. The summed E-state index contributed by atoms with van der Waals surface area (Å²) in [5.74, 6) is 2.49. The van der Waals surface area contributed by atoms with Gasteiger partial charge >= 0.3 is 0 Å². The smallest absolute Gasteiger partial charge is 0.262 e. The molecule has 2 heterocycles. The molecule has 0 bridgehead atoms. The lowest BCUT2D eigenvalue weighted by Crippen LogP contribution is -2.35. The third kappa shape index (κ3) is 3.55. The van der Waals surface area contributed by atoms with Crippen LogP contribution >= 0.6 is 11.8 Å². The molecule has 3 aromatic rings. The normalized spacial score (nSPS) is 23.0. The Morgan fingerprint density at radius 3 is 2.85 bits per heavy atom. The summed E-state index contributed by atoms with van der Waals surface area (Å²) in [7, 11) is 0. The Morgan fingerprint density at radius 1 is 1.26 bits per heavy atom. The number of thioether (sulfide) groups is 1. The van der Waals surface area contributed by atoms with E-state index in [-0.39, 0.29) is 11.6 Å². The van der Waals surface area contributed by atoms with Crippen molar-refractivity contribution in [3.8, 4) is 0 Å². The molecule has 0 N–H and O–H groups in total. The summed E-state index contributed by atoms with van der Waals surface area (Å²) in [5, 5.41) is 5.56. The Labute approximate surface area is 163 Å². The summed E-state index contributed by atoms with van der Waals surface area (Å²) in [5.41, 5.74) is 1.70. The first-order chi connectivity index (χ1) is 13.0. The number of fused-ring (bicyclic) bond motifs is 1. The molecule has 0 saturated heterocycles. The van der Waals surface area contributed by atoms with Crippen molar-refractivity contribution in [2.45, 2.75) is 57.0 Å². The Morgan fingerprint density at radius 2 is 2.07 bits per heavy atom. The zero-order valence-electron chi connectivity index (χ0n) is 16.0. The van der Waals surface area contributed by atoms with Crippen molar-refractivity contribution in [2.24, 2.45) is 11.8 Å². The molecule has 0 unspecified atom stereocenters. The van der Waals surface area contributed by atoms with E-state index in [4.69, 9.17) is 9.51 Å². The van der Waals surface area contributed by atoms with Crippen LogP contribution in [0.4, 0.5) is 0 Å². The summed E-state index contributed by atoms with van der Waals surface area (Å²) < 4.78 is 7.13. The summed E-state index contributed by atoms with van der Waals surface area (Å²) in [6.45, 7) is 6.45. The van der Waals surface area contributed by atoms with E-state index in [0.29, 0.717) is 23.0 Å². The van der Waals surface area contributed by atoms with E-state index < -0.39 is 0 Å². The van der Waals surface area contributed by atoms with Gasteiger partial charge in [0.05, 0.1) is 16.6 Å². The highest BCUT2D eigenvalue weighted by molar-refractivity contribution is 7.98. The predicted octanol–water partition coefficient (Wildman–Crippen LogP) is 4.98. The lowest BCUT2D eigenvalue weighted by Gasteiger charge is -2.36. The van der Waals surface area contributed by atoms with Crippen LogP contribution in [0.5, 0.6) is 0 Å². The Balaban J connectivity index is 1.78. The molecule has 6 heteroatoms. The van der Waals surface area contributed by atoms with E-state index in [9.17, 15) is 4.79 Å². The molecule has 4 rings (SSSR count). The fourth-order valence-corrected chi connectivity index (χ4v) is 5.00. The quantitative estimate of drug-likeness (QED) is 0.469. The molecule has 0 amide bonds. The van der Waals surface area contributed by atoms with Crippen LogP contribution < -0.4 is 5.56 Å². The number of hydrogen-bond acceptors (Lipinski definition) is 5. The maximum atomic E-state index is 13.4. The minimum atomic E-state index is 0.0744. The molecule has 3 atom stereocenters. The zero-order chi connectivity index (χ0) is 19.0. The Bertz CT molecular complexity index is 1010. The van der Waals surface area contributed by atoms with E-state index in [0.717, 1.165) is 35.0 Å². The molecule has 1 aliphatic rings. The van der Waals surface area contributed by atoms with Crippen LogP contribution in [-0.4, -0.2) is 14.7 Å². The van der Waals surface area contributed by atoms with Gasteiger partial charge in [-0.1, -0.05) is 55.7 Å². The highest BCUT2D eigenvalue weighted by atomic mass is 32.2. The molecular weight excluding hydrogens is 358 g/mol. The third-order valence-electron chi connectivity index (χ3n) is 5.80. The van der Waals surface area contributed by atoms with Gasteiger partial charge in [-0.15, -0.1) is 0 Å². The summed E-state index contributed by atoms with van der Waals surface area (Å²) >= 11 is 1.57. The van der Waals surface area contributed by atoms with Crippen LogP contribution in [-0.2, 0) is 5.75 Å². The molecule has 1 saturated carbocycles. The van der Waals surface area contributed by atoms with E-state index in [2.05, 4.69) is 19.0 Å². The number of benzene rings is 1. The van der Waals surface area contributed by atoms with Crippen LogP contribution in [0.25, 0.3) is 10.9 Å². The number of aryl methyl sites for hydroxylation is 1. The molecular formula is C21H25N3O2S. The molecule has 27 heavy (non-hydrogen) atoms. The van der Waals surface area contributed by atoms with Gasteiger partial charge < -0.3 is 4.52 Å². The highest BCUT2D eigenvalue weighted by Crippen LogP contribution is 2.39. The van der Waals surface area contributed by atoms with Gasteiger partial charge in [-0.25, -0.2) is 4.98 Å². The minimum absolute atomic E-state index is 0.0744. The SMILES string of the molecule is Cc1cc(CSc2nc3ccccc3c(=O)n2[C@H]2CCC[C@@H](C)[C@@H]2C)no1. The minimum Gasteiger partial charge on any atom is -0.361 e. The highest BCUT2D eigenvalue weighted by Gasteiger charge is 2.31. The standard InChI is InChI=1S/C21H25N3O2S/c1-13-7-6-10-19(15(13)3)24-20(25)17-8-4-5-9-18(17)22-21(24)27-12-16-11-14(2)26-23-16/h4-5,8-9,11,13,15,19H,6-7,10,12H2,1-3H3/t13-,15+,19+/m1/s1. The van der Waals surface area contributed by atoms with Gasteiger partial charge in [0, 0.05) is 17.9 Å². The molecule has 0 radical (unpaired) electrons. The summed E-state index contributed by atoms with van der Waals surface area (Å²) in [4.78, 5) is 18.3. The zero-order valence-corrected chi connectivity index (χ0v) is 16.8. The van der Waals surface area contributed by atoms with Gasteiger partial charge in [0.1, 0.15) is 5.76 Å². The van der Waals surface area contributed by atoms with Crippen molar-refractivity contribution in [1.82, 2.24) is 14.7 Å². The largest absolute Gasteiger partial charge is 0.361 e. The first-order valence-corrected chi connectivity index (χ1v) is 10.6. The molecule has 1 aliphatic carbocycles. The average Bonchev–Trinajstić information content (AvgIpc) is 3.08. The molecule has 1 aromatic carbocycles. The van der Waals surface area contributed by atoms with Crippen LogP contribution in [0.15, 0.2) is 44.8 Å². The van der Waals surface area contributed by atoms with Crippen molar-refractivity contribution in [3.05, 3.63) is 52.1 Å². The number of nitrogens with zero attached hydrogens (tertiary/aromatic N) is 3. The first-order valence-electron chi connectivity index (χ1n) is 9.61. The van der Waals surface area contributed by atoms with Crippen molar-refractivity contribution < 1.29 is 4.52 Å². The average molecular weight is 384 g/mol. The van der Waals surface area contributed by atoms with E-state index in [1.807, 2.05) is 41.8 Å². The van der Waals surface area contributed by atoms with Crippen molar-refractivity contribution in [1.29, 1.82) is 0 Å². The molecule has 2 aromatic heterocycles. The van der Waals surface area contributed by atoms with E-state index in [1.54, 1.807) is 11.8 Å². The lowest BCUT2D eigenvalue weighted by atomic mass is 9.78. The van der Waals surface area contributed by atoms with E-state index >= 15 is 0 Å². The molecule has 0 spiro atoms. The van der Waals surface area contributed by atoms with Gasteiger partial charge in [-0.3, -0.25) is 9.36 Å². The van der Waals surface area contributed by atoms with Gasteiger partial charge in [-0.05, 0) is 37.3 Å². The topological polar surface area (TPSA) is 60.9 Å². The second kappa shape index (κ2) is 7.50. The predicted molar refractivity (Wildman–Crippen MR) is 108 cm³/mol. The van der Waals surface area contributed by atoms with Crippen LogP contribution in [0, 0.1) is 18.8 Å². The molecule has 142 valence electrons. The third-order valence-corrected chi connectivity index (χ3v) is 6.78. The van der Waals surface area contributed by atoms with Gasteiger partial charge in [0.2, 0.25) is 0 Å². The van der Waals surface area contributed by atoms with E-state index in [1.165, 1.54) is 6.42 Å². The maximum Gasteiger partial charge on any atom is 0.262 e. The fraction of sp³-hybridized carbons (Fsp3) is 0.476. The van der Waals surface area contributed by atoms with Crippen molar-refractivity contribution in [2.75, 3.05) is 0 Å². The monoisotopic (exact) mass is 383 g/mol. The summed E-state index contributed by atoms with van der Waals surface area (Å²) in [6.07, 6.45) is 3.41. The maximum absolute atomic E-state index is 13.4. The van der Waals surface area contributed by atoms with Crippen LogP contribution in [0.2, 0.25) is 0 Å². The van der Waals surface area contributed by atoms with Crippen molar-refractivity contribution in [3.63, 3.8) is 0 Å². The van der Waals surface area contributed by atoms with Crippen LogP contribution in [0.3, 0.4) is 0 Å². The van der Waals surface area contributed by atoms with Crippen molar-refractivity contribution >= 4 is 22.7 Å².